The van der Waals surface area contributed by atoms with Crippen molar-refractivity contribution in [3.8, 4) is 5.88 Å². The highest BCUT2D eigenvalue weighted by molar-refractivity contribution is 5.91. The van der Waals surface area contributed by atoms with Gasteiger partial charge in [-0.05, 0) is 19.3 Å². The number of hydrogen-bond acceptors (Lipinski definition) is 4. The van der Waals surface area contributed by atoms with Gasteiger partial charge >= 0.3 is 12.1 Å². The summed E-state index contributed by atoms with van der Waals surface area (Å²) in [5.41, 5.74) is -0.119. The zero-order valence-corrected chi connectivity index (χ0v) is 9.29. The van der Waals surface area contributed by atoms with E-state index in [1.165, 1.54) is 0 Å². The minimum absolute atomic E-state index is 0.119. The molecular formula is C10H11F3N2O3. The van der Waals surface area contributed by atoms with Gasteiger partial charge in [-0.3, -0.25) is 0 Å². The van der Waals surface area contributed by atoms with Crippen LogP contribution in [0.5, 0.6) is 5.88 Å². The summed E-state index contributed by atoms with van der Waals surface area (Å²) in [7, 11) is 0. The summed E-state index contributed by atoms with van der Waals surface area (Å²) in [6, 6.07) is 0. The molecule has 0 spiro atoms. The number of aromatic amines is 1. The van der Waals surface area contributed by atoms with Crippen molar-refractivity contribution in [2.45, 2.75) is 31.5 Å². The Labute approximate surface area is 100 Å². The predicted molar refractivity (Wildman–Crippen MR) is 53.2 cm³/mol. The molecule has 1 heterocycles. The van der Waals surface area contributed by atoms with Crippen molar-refractivity contribution in [1.29, 1.82) is 0 Å². The van der Waals surface area contributed by atoms with E-state index in [9.17, 15) is 18.0 Å². The maximum atomic E-state index is 12.0. The van der Waals surface area contributed by atoms with E-state index in [1.54, 1.807) is 0 Å². The van der Waals surface area contributed by atoms with Crippen LogP contribution in [0.2, 0.25) is 0 Å². The van der Waals surface area contributed by atoms with Crippen molar-refractivity contribution >= 4 is 5.97 Å². The van der Waals surface area contributed by atoms with Crippen LogP contribution >= 0.6 is 0 Å². The molecule has 2 rings (SSSR count). The molecular weight excluding hydrogens is 253 g/mol. The second kappa shape index (κ2) is 4.87. The third kappa shape index (κ3) is 3.14. The molecule has 0 aliphatic heterocycles. The molecule has 0 unspecified atom stereocenters. The van der Waals surface area contributed by atoms with E-state index in [0.717, 1.165) is 25.5 Å². The van der Waals surface area contributed by atoms with Crippen LogP contribution in [0, 0.1) is 0 Å². The first-order valence-corrected chi connectivity index (χ1v) is 5.39. The summed E-state index contributed by atoms with van der Waals surface area (Å²) in [4.78, 5) is 11.6. The Balaban J connectivity index is 1.95. The van der Waals surface area contributed by atoms with Gasteiger partial charge in [0.15, 0.2) is 6.61 Å². The van der Waals surface area contributed by atoms with Gasteiger partial charge in [-0.2, -0.15) is 18.3 Å². The number of halogens is 3. The molecule has 0 bridgehead atoms. The fraction of sp³-hybridized carbons (Fsp3) is 0.600. The summed E-state index contributed by atoms with van der Waals surface area (Å²) in [6.07, 6.45) is -0.985. The van der Waals surface area contributed by atoms with E-state index in [0.29, 0.717) is 0 Å². The number of esters is 1. The Morgan fingerprint density at radius 3 is 2.78 bits per heavy atom. The number of rotatable bonds is 4. The zero-order valence-electron chi connectivity index (χ0n) is 9.29. The van der Waals surface area contributed by atoms with Crippen molar-refractivity contribution in [1.82, 2.24) is 10.2 Å². The first-order chi connectivity index (χ1) is 8.46. The molecule has 1 N–H and O–H groups in total. The van der Waals surface area contributed by atoms with E-state index in [2.05, 4.69) is 14.9 Å². The van der Waals surface area contributed by atoms with Crippen LogP contribution in [0.25, 0.3) is 0 Å². The number of carbonyl (C=O) groups excluding carboxylic acids is 1. The van der Waals surface area contributed by atoms with Gasteiger partial charge in [0.25, 0.3) is 0 Å². The third-order valence-electron chi connectivity index (χ3n) is 2.53. The van der Waals surface area contributed by atoms with Gasteiger partial charge < -0.3 is 9.47 Å². The second-order valence-corrected chi connectivity index (χ2v) is 3.97. The van der Waals surface area contributed by atoms with E-state index in [4.69, 9.17) is 4.74 Å². The molecule has 1 saturated carbocycles. The molecule has 8 heteroatoms. The molecule has 0 amide bonds. The molecule has 18 heavy (non-hydrogen) atoms. The predicted octanol–water partition coefficient (Wildman–Crippen LogP) is 2.06. The zero-order chi connectivity index (χ0) is 13.2. The first-order valence-electron chi connectivity index (χ1n) is 5.39. The molecule has 1 fully saturated rings. The number of ether oxygens (including phenoxy) is 2. The Morgan fingerprint density at radius 1 is 1.50 bits per heavy atom. The van der Waals surface area contributed by atoms with Crippen LogP contribution in [0.4, 0.5) is 13.2 Å². The minimum atomic E-state index is -4.47. The molecule has 0 atom stereocenters. The molecule has 100 valence electrons. The summed E-state index contributed by atoms with van der Waals surface area (Å²) in [5.74, 6) is -1.04. The lowest BCUT2D eigenvalue weighted by Gasteiger charge is -2.24. The lowest BCUT2D eigenvalue weighted by molar-refractivity contribution is -0.154. The van der Waals surface area contributed by atoms with Crippen LogP contribution < -0.4 is 4.74 Å². The highest BCUT2D eigenvalue weighted by Gasteiger charge is 2.31. The topological polar surface area (TPSA) is 64.2 Å². The van der Waals surface area contributed by atoms with Crippen LogP contribution in [0.15, 0.2) is 6.20 Å². The van der Waals surface area contributed by atoms with Crippen LogP contribution in [-0.2, 0) is 4.74 Å². The molecule has 1 aliphatic rings. The Morgan fingerprint density at radius 2 is 2.22 bits per heavy atom. The summed E-state index contributed by atoms with van der Waals surface area (Å²) in [6.45, 7) is -1.49. The Hall–Kier alpha value is -1.73. The van der Waals surface area contributed by atoms with Crippen LogP contribution in [-0.4, -0.2) is 35.1 Å². The first kappa shape index (κ1) is 12.7. The largest absolute Gasteiger partial charge is 0.468 e. The average molecular weight is 264 g/mol. The lowest BCUT2D eigenvalue weighted by Crippen LogP contribution is -2.25. The molecule has 0 saturated heterocycles. The minimum Gasteiger partial charge on any atom is -0.468 e. The highest BCUT2D eigenvalue weighted by Crippen LogP contribution is 2.25. The van der Waals surface area contributed by atoms with Crippen molar-refractivity contribution in [3.63, 3.8) is 0 Å². The van der Waals surface area contributed by atoms with Gasteiger partial charge in [0.1, 0.15) is 11.7 Å². The Kier molecular flexibility index (Phi) is 3.44. The van der Waals surface area contributed by atoms with Gasteiger partial charge in [-0.1, -0.05) is 0 Å². The lowest BCUT2D eigenvalue weighted by atomic mass is 9.96. The number of H-pyrrole nitrogens is 1. The maximum Gasteiger partial charge on any atom is 0.422 e. The Bertz CT molecular complexity index is 426. The molecule has 5 nitrogen and oxygen atoms in total. The number of carbonyl (C=O) groups is 1. The van der Waals surface area contributed by atoms with E-state index in [1.807, 2.05) is 0 Å². The number of nitrogens with one attached hydrogen (secondary N) is 1. The third-order valence-corrected chi connectivity index (χ3v) is 2.53. The number of hydrogen-bond donors (Lipinski definition) is 1. The highest BCUT2D eigenvalue weighted by atomic mass is 19.4. The SMILES string of the molecule is O=C(OC1CCC1)c1cn[nH]c1OCC(F)(F)F. The number of alkyl halides is 3. The molecule has 1 aromatic rings. The molecule has 0 aromatic carbocycles. The fourth-order valence-corrected chi connectivity index (χ4v) is 1.39. The van der Waals surface area contributed by atoms with E-state index in [-0.39, 0.29) is 17.5 Å². The van der Waals surface area contributed by atoms with Crippen molar-refractivity contribution < 1.29 is 27.4 Å². The molecule has 1 aliphatic carbocycles. The molecule has 1 aromatic heterocycles. The summed E-state index contributed by atoms with van der Waals surface area (Å²) >= 11 is 0. The van der Waals surface area contributed by atoms with Gasteiger partial charge in [0.05, 0.1) is 6.20 Å². The van der Waals surface area contributed by atoms with Gasteiger partial charge in [-0.15, -0.1) is 0 Å². The molecule has 0 radical (unpaired) electrons. The quantitative estimate of drug-likeness (QED) is 0.845. The standard InChI is InChI=1S/C10H11F3N2O3/c11-10(12,13)5-17-8-7(4-14-15-8)9(16)18-6-2-1-3-6/h4,6H,1-3,5H2,(H,14,15). The van der Waals surface area contributed by atoms with Crippen LogP contribution in [0.1, 0.15) is 29.6 Å². The maximum absolute atomic E-state index is 12.0. The van der Waals surface area contributed by atoms with Crippen molar-refractivity contribution in [2.75, 3.05) is 6.61 Å². The fourth-order valence-electron chi connectivity index (χ4n) is 1.39. The normalized spacial score (nSPS) is 16.2. The second-order valence-electron chi connectivity index (χ2n) is 3.97. The average Bonchev–Trinajstić information content (AvgIpc) is 2.67. The smallest absolute Gasteiger partial charge is 0.422 e. The van der Waals surface area contributed by atoms with Crippen molar-refractivity contribution in [2.24, 2.45) is 0 Å². The van der Waals surface area contributed by atoms with Gasteiger partial charge in [0, 0.05) is 0 Å². The van der Waals surface area contributed by atoms with Crippen LogP contribution in [0.3, 0.4) is 0 Å². The van der Waals surface area contributed by atoms with E-state index >= 15 is 0 Å². The number of nitrogens with zero attached hydrogens (tertiary/aromatic N) is 1. The van der Waals surface area contributed by atoms with E-state index < -0.39 is 18.8 Å². The summed E-state index contributed by atoms with van der Waals surface area (Å²) < 4.78 is 45.4. The summed E-state index contributed by atoms with van der Waals surface area (Å²) in [5, 5.41) is 5.67. The van der Waals surface area contributed by atoms with Crippen molar-refractivity contribution in [3.05, 3.63) is 11.8 Å². The monoisotopic (exact) mass is 264 g/mol. The van der Waals surface area contributed by atoms with Gasteiger partial charge in [0.2, 0.25) is 5.88 Å². The van der Waals surface area contributed by atoms with Gasteiger partial charge in [-0.25, -0.2) is 9.89 Å². The number of aromatic nitrogens is 2.